The molecule has 1 aliphatic rings. The molecular weight excluding hydrogens is 385 g/mol. The van der Waals surface area contributed by atoms with Crippen molar-refractivity contribution in [3.8, 4) is 0 Å². The molecule has 26 heavy (non-hydrogen) atoms. The standard InChI is InChI=1S/C14H19ClN5O5P/c1-6-8(9(21)10(22)14(6,2)3-4-26(23,24)25)20-5-17-7-11(16)18-13(15)19-12(7)20/h3-6,8-10,21-22H,1-2H3,(H2,16,18,19)(H2,23,24,25)/b4-3+/t6-,8?,9+,10+,14+/m1/s1. The molecule has 0 spiro atoms. The van der Waals surface area contributed by atoms with Gasteiger partial charge in [-0.3, -0.25) is 4.57 Å². The average molecular weight is 404 g/mol. The maximum Gasteiger partial charge on any atom is 0.348 e. The molecule has 12 heteroatoms. The van der Waals surface area contributed by atoms with E-state index in [-0.39, 0.29) is 11.1 Å². The molecule has 0 saturated heterocycles. The number of aliphatic hydroxyl groups excluding tert-OH is 2. The van der Waals surface area contributed by atoms with Gasteiger partial charge in [-0.1, -0.05) is 19.9 Å². The highest BCUT2D eigenvalue weighted by Gasteiger charge is 2.55. The number of aromatic nitrogens is 4. The van der Waals surface area contributed by atoms with Gasteiger partial charge < -0.3 is 30.3 Å². The third-order valence-corrected chi connectivity index (χ3v) is 5.88. The van der Waals surface area contributed by atoms with Crippen molar-refractivity contribution in [1.29, 1.82) is 0 Å². The highest BCUT2D eigenvalue weighted by molar-refractivity contribution is 7.55. The van der Waals surface area contributed by atoms with Gasteiger partial charge in [0, 0.05) is 11.2 Å². The van der Waals surface area contributed by atoms with E-state index in [0.717, 1.165) is 5.82 Å². The van der Waals surface area contributed by atoms with Crippen LogP contribution >= 0.6 is 19.2 Å². The number of hydrogen-bond acceptors (Lipinski definition) is 7. The molecule has 2 heterocycles. The van der Waals surface area contributed by atoms with Crippen molar-refractivity contribution in [2.45, 2.75) is 32.1 Å². The number of fused-ring (bicyclic) bond motifs is 1. The third-order valence-electron chi connectivity index (χ3n) is 5.17. The van der Waals surface area contributed by atoms with Crippen molar-refractivity contribution in [3.63, 3.8) is 0 Å². The Hall–Kier alpha value is -1.55. The van der Waals surface area contributed by atoms with Crippen molar-refractivity contribution >= 4 is 36.2 Å². The Morgan fingerprint density at radius 1 is 1.38 bits per heavy atom. The summed E-state index contributed by atoms with van der Waals surface area (Å²) >= 11 is 5.86. The number of anilines is 1. The van der Waals surface area contributed by atoms with Crippen LogP contribution in [0.4, 0.5) is 5.82 Å². The van der Waals surface area contributed by atoms with Gasteiger partial charge in [0.25, 0.3) is 0 Å². The minimum atomic E-state index is -4.41. The second-order valence-electron chi connectivity index (χ2n) is 6.69. The first-order valence-electron chi connectivity index (χ1n) is 7.73. The smallest absolute Gasteiger partial charge is 0.348 e. The minimum Gasteiger partial charge on any atom is -0.389 e. The molecule has 0 amide bonds. The Balaban J connectivity index is 2.10. The lowest BCUT2D eigenvalue weighted by Crippen LogP contribution is -2.34. The number of aliphatic hydroxyl groups is 2. The van der Waals surface area contributed by atoms with E-state index >= 15 is 0 Å². The van der Waals surface area contributed by atoms with Crippen LogP contribution in [0.1, 0.15) is 19.9 Å². The molecule has 6 N–H and O–H groups in total. The Kier molecular flexibility index (Phi) is 4.63. The Labute approximate surface area is 153 Å². The van der Waals surface area contributed by atoms with E-state index < -0.39 is 37.2 Å². The number of nitrogens with zero attached hydrogens (tertiary/aromatic N) is 4. The second kappa shape index (κ2) is 6.26. The fourth-order valence-electron chi connectivity index (χ4n) is 3.53. The summed E-state index contributed by atoms with van der Waals surface area (Å²) in [5.74, 6) is 0.400. The lowest BCUT2D eigenvalue weighted by molar-refractivity contribution is -0.00839. The van der Waals surface area contributed by atoms with E-state index in [0.29, 0.717) is 11.2 Å². The number of nitrogens with two attached hydrogens (primary N) is 1. The van der Waals surface area contributed by atoms with Crippen molar-refractivity contribution in [2.24, 2.45) is 11.3 Å². The van der Waals surface area contributed by atoms with Gasteiger partial charge in [-0.25, -0.2) is 4.98 Å². The summed E-state index contributed by atoms with van der Waals surface area (Å²) in [5.41, 5.74) is 5.31. The molecule has 10 nitrogen and oxygen atoms in total. The zero-order chi connectivity index (χ0) is 19.4. The van der Waals surface area contributed by atoms with Crippen LogP contribution in [0.15, 0.2) is 18.2 Å². The summed E-state index contributed by atoms with van der Waals surface area (Å²) in [5, 5.41) is 21.1. The molecule has 2 aromatic rings. The lowest BCUT2D eigenvalue weighted by atomic mass is 9.78. The van der Waals surface area contributed by atoms with Crippen LogP contribution < -0.4 is 5.73 Å². The van der Waals surface area contributed by atoms with Gasteiger partial charge >= 0.3 is 7.60 Å². The monoisotopic (exact) mass is 403 g/mol. The van der Waals surface area contributed by atoms with Crippen molar-refractivity contribution in [3.05, 3.63) is 23.5 Å². The molecule has 1 aliphatic carbocycles. The molecule has 5 atom stereocenters. The maximum absolute atomic E-state index is 11.2. The topological polar surface area (TPSA) is 168 Å². The van der Waals surface area contributed by atoms with Crippen LogP contribution in [0.2, 0.25) is 5.28 Å². The first kappa shape index (κ1) is 19.2. The largest absolute Gasteiger partial charge is 0.389 e. The number of hydrogen-bond donors (Lipinski definition) is 5. The Bertz CT molecular complexity index is 930. The number of nitrogen functional groups attached to an aromatic ring is 1. The SMILES string of the molecule is C[C@@H]1C(n2cnc3c(N)nc(Cl)nc32)[C@H](O)[C@H](O)[C@@]1(C)/C=C/P(=O)(O)O. The molecule has 3 rings (SSSR count). The summed E-state index contributed by atoms with van der Waals surface area (Å²) < 4.78 is 12.7. The number of imidazole rings is 1. The predicted molar refractivity (Wildman–Crippen MR) is 94.3 cm³/mol. The van der Waals surface area contributed by atoms with Crippen LogP contribution in [0.25, 0.3) is 11.2 Å². The fourth-order valence-corrected chi connectivity index (χ4v) is 4.22. The minimum absolute atomic E-state index is 0.0819. The van der Waals surface area contributed by atoms with Gasteiger partial charge in [0.15, 0.2) is 11.5 Å². The van der Waals surface area contributed by atoms with Crippen molar-refractivity contribution in [1.82, 2.24) is 19.5 Å². The van der Waals surface area contributed by atoms with Gasteiger partial charge in [0.1, 0.15) is 11.6 Å². The molecule has 1 fully saturated rings. The summed E-state index contributed by atoms with van der Waals surface area (Å²) in [7, 11) is -4.41. The predicted octanol–water partition coefficient (Wildman–Crippen LogP) is 0.672. The molecule has 0 aromatic carbocycles. The molecular formula is C14H19ClN5O5P. The van der Waals surface area contributed by atoms with Crippen molar-refractivity contribution in [2.75, 3.05) is 5.73 Å². The van der Waals surface area contributed by atoms with E-state index in [1.165, 1.54) is 12.4 Å². The highest BCUT2D eigenvalue weighted by Crippen LogP contribution is 2.52. The first-order chi connectivity index (χ1) is 12.0. The van der Waals surface area contributed by atoms with E-state index in [1.54, 1.807) is 18.4 Å². The maximum atomic E-state index is 11.2. The van der Waals surface area contributed by atoms with Gasteiger partial charge in [0.05, 0.1) is 18.5 Å². The van der Waals surface area contributed by atoms with E-state index in [2.05, 4.69) is 15.0 Å². The third kappa shape index (κ3) is 3.02. The molecule has 0 aliphatic heterocycles. The Morgan fingerprint density at radius 2 is 2.04 bits per heavy atom. The molecule has 1 unspecified atom stereocenters. The van der Waals surface area contributed by atoms with Gasteiger partial charge in [-0.05, 0) is 17.5 Å². The van der Waals surface area contributed by atoms with Crippen LogP contribution in [0.3, 0.4) is 0 Å². The van der Waals surface area contributed by atoms with Gasteiger partial charge in [0.2, 0.25) is 5.28 Å². The average Bonchev–Trinajstić information content (AvgIpc) is 3.00. The summed E-state index contributed by atoms with van der Waals surface area (Å²) in [6.45, 7) is 3.37. The highest BCUT2D eigenvalue weighted by atomic mass is 35.5. The van der Waals surface area contributed by atoms with Crippen LogP contribution in [0, 0.1) is 11.3 Å². The summed E-state index contributed by atoms with van der Waals surface area (Å²) in [4.78, 5) is 30.3. The van der Waals surface area contributed by atoms with Crippen molar-refractivity contribution < 1.29 is 24.6 Å². The zero-order valence-electron chi connectivity index (χ0n) is 13.9. The van der Waals surface area contributed by atoms with Crippen LogP contribution in [-0.4, -0.2) is 51.7 Å². The van der Waals surface area contributed by atoms with Crippen LogP contribution in [-0.2, 0) is 4.57 Å². The molecule has 0 bridgehead atoms. The lowest BCUT2D eigenvalue weighted by Gasteiger charge is -2.30. The van der Waals surface area contributed by atoms with Gasteiger partial charge in [-0.2, -0.15) is 9.97 Å². The van der Waals surface area contributed by atoms with E-state index in [9.17, 15) is 14.8 Å². The van der Waals surface area contributed by atoms with Crippen LogP contribution in [0.5, 0.6) is 0 Å². The zero-order valence-corrected chi connectivity index (χ0v) is 15.6. The normalized spacial score (nSPS) is 32.7. The molecule has 2 aromatic heterocycles. The Morgan fingerprint density at radius 3 is 2.65 bits per heavy atom. The molecule has 0 radical (unpaired) electrons. The van der Waals surface area contributed by atoms with Gasteiger partial charge in [-0.15, -0.1) is 0 Å². The summed E-state index contributed by atoms with van der Waals surface area (Å²) in [6, 6.07) is -0.674. The van der Waals surface area contributed by atoms with E-state index in [4.69, 9.17) is 27.1 Å². The first-order valence-corrected chi connectivity index (χ1v) is 9.79. The quantitative estimate of drug-likeness (QED) is 0.365. The second-order valence-corrected chi connectivity index (χ2v) is 8.50. The molecule has 142 valence electrons. The fraction of sp³-hybridized carbons (Fsp3) is 0.500. The number of rotatable bonds is 3. The van der Waals surface area contributed by atoms with E-state index in [1.807, 2.05) is 0 Å². The summed E-state index contributed by atoms with van der Waals surface area (Å²) in [6.07, 6.45) is 0.171. The number of halogens is 1. The molecule has 1 saturated carbocycles.